The maximum Gasteiger partial charge on any atom is 0.247 e. The molecule has 0 bridgehead atoms. The van der Waals surface area contributed by atoms with Crippen LogP contribution in [0.4, 0.5) is 0 Å². The first-order chi connectivity index (χ1) is 13.4. The lowest BCUT2D eigenvalue weighted by Crippen LogP contribution is -2.29. The maximum absolute atomic E-state index is 11.3. The molecular formula is C21H29N5O2. The minimum absolute atomic E-state index is 0.0764. The molecule has 0 saturated heterocycles. The van der Waals surface area contributed by atoms with Gasteiger partial charge in [0, 0.05) is 24.2 Å². The summed E-state index contributed by atoms with van der Waals surface area (Å²) in [6.07, 6.45) is 1.79. The van der Waals surface area contributed by atoms with Crippen LogP contribution in [0.3, 0.4) is 0 Å². The molecule has 2 N–H and O–H groups in total. The molecule has 1 aliphatic heterocycles. The van der Waals surface area contributed by atoms with E-state index < -0.39 is 5.91 Å². The van der Waals surface area contributed by atoms with Crippen molar-refractivity contribution in [2.24, 2.45) is 22.2 Å². The Morgan fingerprint density at radius 1 is 1.29 bits per heavy atom. The normalized spacial score (nSPS) is 16.7. The number of fused-ring (bicyclic) bond motifs is 1. The number of hydroxylamine groups is 1. The minimum atomic E-state index is -0.460. The third-order valence-electron chi connectivity index (χ3n) is 4.91. The number of carbonyl (C=O) groups is 1. The Hall–Kier alpha value is -2.67. The summed E-state index contributed by atoms with van der Waals surface area (Å²) < 4.78 is 2.40. The smallest absolute Gasteiger partial charge is 0.247 e. The molecule has 1 unspecified atom stereocenters. The van der Waals surface area contributed by atoms with E-state index in [1.54, 1.807) is 11.6 Å². The summed E-state index contributed by atoms with van der Waals surface area (Å²) in [5, 5.41) is 20.5. The SMILES string of the molecule is CC(C)Cn1c(C(C(C)C)N2C/C(=C/CC(=O)NO)N=N2)cc2ccccc21. The second-order valence-electron chi connectivity index (χ2n) is 8.04. The zero-order valence-corrected chi connectivity index (χ0v) is 17.0. The average molecular weight is 383 g/mol. The van der Waals surface area contributed by atoms with Crippen LogP contribution in [0.25, 0.3) is 10.9 Å². The Morgan fingerprint density at radius 2 is 2.04 bits per heavy atom. The molecule has 2 heterocycles. The fourth-order valence-corrected chi connectivity index (χ4v) is 3.74. The van der Waals surface area contributed by atoms with Gasteiger partial charge in [-0.2, -0.15) is 0 Å². The van der Waals surface area contributed by atoms with Gasteiger partial charge in [0.15, 0.2) is 0 Å². The van der Waals surface area contributed by atoms with E-state index in [0.29, 0.717) is 18.4 Å². The van der Waals surface area contributed by atoms with E-state index in [1.807, 2.05) is 5.01 Å². The molecule has 0 fully saturated rings. The molecule has 28 heavy (non-hydrogen) atoms. The lowest BCUT2D eigenvalue weighted by atomic mass is 9.99. The van der Waals surface area contributed by atoms with Gasteiger partial charge in [0.1, 0.15) is 0 Å². The van der Waals surface area contributed by atoms with Crippen molar-refractivity contribution in [3.8, 4) is 0 Å². The molecule has 0 saturated carbocycles. The standard InChI is InChI=1S/C21H29N5O2/c1-14(2)12-25-18-8-6-5-7-16(18)11-19(25)21(15(3)4)26-13-17(22-24-26)9-10-20(27)23-28/h5-9,11,14-15,21,28H,10,12-13H2,1-4H3,(H,23,27)/b17-9-. The molecule has 3 rings (SSSR count). The molecule has 1 amide bonds. The van der Waals surface area contributed by atoms with Gasteiger partial charge in [-0.1, -0.05) is 51.1 Å². The lowest BCUT2D eigenvalue weighted by molar-refractivity contribution is -0.128. The maximum atomic E-state index is 11.3. The van der Waals surface area contributed by atoms with E-state index in [1.165, 1.54) is 16.6 Å². The minimum Gasteiger partial charge on any atom is -0.342 e. The highest BCUT2D eigenvalue weighted by Crippen LogP contribution is 2.36. The number of carbonyl (C=O) groups excluding carboxylic acids is 1. The molecule has 150 valence electrons. The Morgan fingerprint density at radius 3 is 2.71 bits per heavy atom. The number of amides is 1. The zero-order chi connectivity index (χ0) is 20.3. The number of para-hydroxylation sites is 1. The molecule has 0 spiro atoms. The summed E-state index contributed by atoms with van der Waals surface area (Å²) in [7, 11) is 0. The summed E-state index contributed by atoms with van der Waals surface area (Å²) in [5.74, 6) is 0.392. The van der Waals surface area contributed by atoms with E-state index in [2.05, 4.69) is 72.9 Å². The van der Waals surface area contributed by atoms with E-state index in [0.717, 1.165) is 12.2 Å². The Balaban J connectivity index is 1.94. The van der Waals surface area contributed by atoms with Gasteiger partial charge in [0.2, 0.25) is 5.91 Å². The van der Waals surface area contributed by atoms with Gasteiger partial charge in [-0.05, 0) is 35.4 Å². The Kier molecular flexibility index (Phi) is 6.14. The first-order valence-electron chi connectivity index (χ1n) is 9.79. The van der Waals surface area contributed by atoms with Crippen molar-refractivity contribution >= 4 is 16.8 Å². The monoisotopic (exact) mass is 383 g/mol. The predicted octanol–water partition coefficient (Wildman–Crippen LogP) is 4.46. The summed E-state index contributed by atoms with van der Waals surface area (Å²) in [5.41, 5.74) is 4.85. The first kappa shape index (κ1) is 20.1. The van der Waals surface area contributed by atoms with Gasteiger partial charge in [-0.15, -0.1) is 5.11 Å². The van der Waals surface area contributed by atoms with Gasteiger partial charge in [0.05, 0.1) is 18.3 Å². The van der Waals surface area contributed by atoms with Crippen LogP contribution in [0.5, 0.6) is 0 Å². The number of nitrogens with zero attached hydrogens (tertiary/aromatic N) is 4. The Bertz CT molecular complexity index is 897. The fourth-order valence-electron chi connectivity index (χ4n) is 3.74. The molecule has 2 aromatic rings. The number of nitrogens with one attached hydrogen (secondary N) is 1. The van der Waals surface area contributed by atoms with Gasteiger partial charge < -0.3 is 4.57 Å². The number of benzene rings is 1. The van der Waals surface area contributed by atoms with Gasteiger partial charge >= 0.3 is 0 Å². The van der Waals surface area contributed by atoms with Crippen molar-refractivity contribution in [1.82, 2.24) is 15.1 Å². The molecule has 7 nitrogen and oxygen atoms in total. The summed E-state index contributed by atoms with van der Waals surface area (Å²) in [6.45, 7) is 10.3. The molecule has 1 aromatic carbocycles. The van der Waals surface area contributed by atoms with Crippen LogP contribution in [0.2, 0.25) is 0 Å². The van der Waals surface area contributed by atoms with Crippen LogP contribution in [-0.4, -0.2) is 27.2 Å². The Labute approximate surface area is 165 Å². The number of hydrogen-bond donors (Lipinski definition) is 2. The van der Waals surface area contributed by atoms with Crippen molar-refractivity contribution in [1.29, 1.82) is 0 Å². The van der Waals surface area contributed by atoms with Crippen molar-refractivity contribution < 1.29 is 10.0 Å². The number of aromatic nitrogens is 1. The highest BCUT2D eigenvalue weighted by molar-refractivity contribution is 5.81. The zero-order valence-electron chi connectivity index (χ0n) is 17.0. The second-order valence-corrected chi connectivity index (χ2v) is 8.04. The summed E-state index contributed by atoms with van der Waals surface area (Å²) in [6, 6.07) is 10.8. The first-order valence-corrected chi connectivity index (χ1v) is 9.79. The average Bonchev–Trinajstić information content (AvgIpc) is 3.25. The van der Waals surface area contributed by atoms with Crippen molar-refractivity contribution in [3.05, 3.63) is 47.8 Å². The van der Waals surface area contributed by atoms with Crippen LogP contribution in [0.15, 0.2) is 52.4 Å². The van der Waals surface area contributed by atoms with Crippen LogP contribution in [-0.2, 0) is 11.3 Å². The fraction of sp³-hybridized carbons (Fsp3) is 0.476. The summed E-state index contributed by atoms with van der Waals surface area (Å²) >= 11 is 0. The van der Waals surface area contributed by atoms with E-state index >= 15 is 0 Å². The van der Waals surface area contributed by atoms with Crippen LogP contribution in [0, 0.1) is 11.8 Å². The van der Waals surface area contributed by atoms with Crippen LogP contribution >= 0.6 is 0 Å². The topological polar surface area (TPSA) is 82.2 Å². The molecule has 0 radical (unpaired) electrons. The highest BCUT2D eigenvalue weighted by atomic mass is 16.5. The van der Waals surface area contributed by atoms with Crippen molar-refractivity contribution in [2.75, 3.05) is 6.54 Å². The molecule has 1 aliphatic rings. The van der Waals surface area contributed by atoms with Crippen molar-refractivity contribution in [3.63, 3.8) is 0 Å². The highest BCUT2D eigenvalue weighted by Gasteiger charge is 2.30. The number of hydrogen-bond acceptors (Lipinski definition) is 5. The van der Waals surface area contributed by atoms with E-state index in [-0.39, 0.29) is 12.5 Å². The van der Waals surface area contributed by atoms with Crippen LogP contribution < -0.4 is 5.48 Å². The molecule has 1 atom stereocenters. The third kappa shape index (κ3) is 4.25. The van der Waals surface area contributed by atoms with E-state index in [4.69, 9.17) is 5.21 Å². The van der Waals surface area contributed by atoms with E-state index in [9.17, 15) is 4.79 Å². The summed E-state index contributed by atoms with van der Waals surface area (Å²) in [4.78, 5) is 11.3. The quantitative estimate of drug-likeness (QED) is 0.547. The third-order valence-corrected chi connectivity index (χ3v) is 4.91. The molecule has 0 aliphatic carbocycles. The van der Waals surface area contributed by atoms with Gasteiger partial charge in [-0.3, -0.25) is 15.0 Å². The number of rotatable bonds is 7. The largest absolute Gasteiger partial charge is 0.342 e. The van der Waals surface area contributed by atoms with Crippen LogP contribution in [0.1, 0.15) is 45.9 Å². The van der Waals surface area contributed by atoms with Gasteiger partial charge in [-0.25, -0.2) is 5.48 Å². The predicted molar refractivity (Wildman–Crippen MR) is 109 cm³/mol. The molecule has 7 heteroatoms. The molecule has 1 aromatic heterocycles. The second kappa shape index (κ2) is 8.56. The van der Waals surface area contributed by atoms with Gasteiger partial charge in [0.25, 0.3) is 0 Å². The van der Waals surface area contributed by atoms with Crippen molar-refractivity contribution in [2.45, 2.75) is 46.7 Å². The lowest BCUT2D eigenvalue weighted by Gasteiger charge is -2.30. The molecular weight excluding hydrogens is 354 g/mol.